The van der Waals surface area contributed by atoms with Gasteiger partial charge in [-0.15, -0.1) is 0 Å². The van der Waals surface area contributed by atoms with Crippen molar-refractivity contribution in [2.45, 2.75) is 0 Å². The Bertz CT molecular complexity index is 777. The maximum Gasteiger partial charge on any atom is 0.266 e. The topological polar surface area (TPSA) is 77.5 Å². The Morgan fingerprint density at radius 3 is 2.64 bits per heavy atom. The van der Waals surface area contributed by atoms with Gasteiger partial charge in [0.1, 0.15) is 4.32 Å². The summed E-state index contributed by atoms with van der Waals surface area (Å²) in [5, 5.41) is 0.843. The minimum absolute atomic E-state index is 0.199. The van der Waals surface area contributed by atoms with Crippen LogP contribution in [0.2, 0.25) is 10.0 Å². The molecule has 1 aliphatic heterocycles. The predicted molar refractivity (Wildman–Crippen MR) is 90.9 cm³/mol. The number of amides is 1. The molecule has 1 amide bonds. The smallest absolute Gasteiger partial charge is 0.266 e. The number of halogens is 2. The lowest BCUT2D eigenvalue weighted by Gasteiger charge is -2.15. The summed E-state index contributed by atoms with van der Waals surface area (Å²) in [4.78, 5) is 13.6. The molecule has 118 valence electrons. The summed E-state index contributed by atoms with van der Waals surface area (Å²) in [6.07, 6.45) is 1.55. The largest absolute Gasteiger partial charge is 0.748 e. The average Bonchev–Trinajstić information content (AvgIpc) is 2.65. The molecule has 1 aliphatic rings. The maximum absolute atomic E-state index is 12.2. The molecule has 1 heterocycles. The summed E-state index contributed by atoms with van der Waals surface area (Å²) in [6.45, 7) is -0.262. The predicted octanol–water partition coefficient (Wildman–Crippen LogP) is 2.74. The van der Waals surface area contributed by atoms with Crippen LogP contribution in [0.15, 0.2) is 23.1 Å². The maximum atomic E-state index is 12.2. The van der Waals surface area contributed by atoms with Crippen LogP contribution in [-0.2, 0) is 14.9 Å². The van der Waals surface area contributed by atoms with Crippen molar-refractivity contribution in [1.82, 2.24) is 4.90 Å². The quantitative estimate of drug-likeness (QED) is 0.442. The van der Waals surface area contributed by atoms with Gasteiger partial charge in [0.15, 0.2) is 0 Å². The van der Waals surface area contributed by atoms with Crippen molar-refractivity contribution < 1.29 is 17.8 Å². The minimum atomic E-state index is -4.41. The first-order chi connectivity index (χ1) is 10.2. The van der Waals surface area contributed by atoms with Crippen LogP contribution in [0.3, 0.4) is 0 Å². The number of thioether (sulfide) groups is 1. The van der Waals surface area contributed by atoms with Crippen molar-refractivity contribution in [3.8, 4) is 0 Å². The standard InChI is InChI=1S/C12H9Cl2NO4S3/c13-8-2-1-7(9(14)6-8)5-10-11(16)15(12(20)21-10)3-4-22(17,18)19/h1-2,5-6H,3-4H2,(H,17,18,19)/p-1/b10-5-. The van der Waals surface area contributed by atoms with Crippen LogP contribution in [0.5, 0.6) is 0 Å². The number of benzene rings is 1. The van der Waals surface area contributed by atoms with Gasteiger partial charge < -0.3 is 4.55 Å². The Morgan fingerprint density at radius 1 is 1.36 bits per heavy atom. The number of thiocarbonyl (C=S) groups is 1. The third kappa shape index (κ3) is 4.43. The van der Waals surface area contributed by atoms with E-state index in [4.69, 9.17) is 35.4 Å². The SMILES string of the molecule is O=C1/C(=C/c2ccc(Cl)cc2Cl)SC(=S)N1CCS(=O)(=O)[O-]. The summed E-state index contributed by atoms with van der Waals surface area (Å²) in [6, 6.07) is 4.82. The fourth-order valence-corrected chi connectivity index (χ4v) is 3.82. The fraction of sp³-hybridized carbons (Fsp3) is 0.167. The Hall–Kier alpha value is -0.640. The molecule has 0 bridgehead atoms. The zero-order chi connectivity index (χ0) is 16.5. The van der Waals surface area contributed by atoms with Gasteiger partial charge in [-0.25, -0.2) is 8.42 Å². The number of hydrogen-bond acceptors (Lipinski definition) is 6. The molecule has 0 atom stereocenters. The van der Waals surface area contributed by atoms with Crippen molar-refractivity contribution >= 4 is 73.6 Å². The van der Waals surface area contributed by atoms with E-state index in [-0.39, 0.29) is 10.9 Å². The van der Waals surface area contributed by atoms with Crippen LogP contribution in [0, 0.1) is 0 Å². The monoisotopic (exact) mass is 396 g/mol. The van der Waals surface area contributed by atoms with Gasteiger partial charge in [-0.2, -0.15) is 0 Å². The zero-order valence-corrected chi connectivity index (χ0v) is 14.7. The summed E-state index contributed by atoms with van der Waals surface area (Å²) < 4.78 is 32.2. The summed E-state index contributed by atoms with van der Waals surface area (Å²) in [5.41, 5.74) is 0.586. The minimum Gasteiger partial charge on any atom is -0.748 e. The molecule has 0 aromatic heterocycles. The van der Waals surface area contributed by atoms with Crippen molar-refractivity contribution in [3.63, 3.8) is 0 Å². The molecule has 0 saturated carbocycles. The second-order valence-electron chi connectivity index (χ2n) is 4.26. The van der Waals surface area contributed by atoms with Crippen LogP contribution < -0.4 is 0 Å². The van der Waals surface area contributed by atoms with E-state index in [9.17, 15) is 17.8 Å². The van der Waals surface area contributed by atoms with E-state index in [2.05, 4.69) is 0 Å². The highest BCUT2D eigenvalue weighted by molar-refractivity contribution is 8.26. The highest BCUT2D eigenvalue weighted by Gasteiger charge is 2.32. The normalized spacial score (nSPS) is 17.6. The molecule has 0 unspecified atom stereocenters. The van der Waals surface area contributed by atoms with Crippen LogP contribution in [0.1, 0.15) is 5.56 Å². The highest BCUT2D eigenvalue weighted by atomic mass is 35.5. The molecular weight excluding hydrogens is 389 g/mol. The van der Waals surface area contributed by atoms with Gasteiger partial charge in [0.05, 0.1) is 20.8 Å². The number of carbonyl (C=O) groups excluding carboxylic acids is 1. The van der Waals surface area contributed by atoms with E-state index < -0.39 is 21.8 Å². The Labute approximate surface area is 147 Å². The molecule has 0 aliphatic carbocycles. The second kappa shape index (κ2) is 6.86. The van der Waals surface area contributed by atoms with E-state index in [1.54, 1.807) is 24.3 Å². The molecular formula is C12H8Cl2NO4S3-. The van der Waals surface area contributed by atoms with Gasteiger partial charge >= 0.3 is 0 Å². The van der Waals surface area contributed by atoms with Crippen molar-refractivity contribution in [1.29, 1.82) is 0 Å². The molecule has 0 N–H and O–H groups in total. The summed E-state index contributed by atoms with van der Waals surface area (Å²) in [5.74, 6) is -1.14. The van der Waals surface area contributed by atoms with Crippen LogP contribution >= 0.6 is 47.2 Å². The van der Waals surface area contributed by atoms with Crippen LogP contribution in [-0.4, -0.2) is 40.4 Å². The first-order valence-corrected chi connectivity index (χ1v) is 9.37. The first kappa shape index (κ1) is 17.7. The molecule has 22 heavy (non-hydrogen) atoms. The van der Waals surface area contributed by atoms with Crippen LogP contribution in [0.25, 0.3) is 6.08 Å². The molecule has 1 aromatic rings. The first-order valence-electron chi connectivity index (χ1n) is 5.81. The van der Waals surface area contributed by atoms with Gasteiger partial charge in [-0.1, -0.05) is 53.2 Å². The molecule has 1 saturated heterocycles. The van der Waals surface area contributed by atoms with Gasteiger partial charge in [-0.05, 0) is 23.8 Å². The number of carbonyl (C=O) groups is 1. The van der Waals surface area contributed by atoms with Gasteiger partial charge in [0.25, 0.3) is 5.91 Å². The lowest BCUT2D eigenvalue weighted by atomic mass is 10.2. The van der Waals surface area contributed by atoms with Crippen molar-refractivity contribution in [2.24, 2.45) is 0 Å². The van der Waals surface area contributed by atoms with Gasteiger partial charge in [0, 0.05) is 16.6 Å². The molecule has 5 nitrogen and oxygen atoms in total. The molecule has 2 rings (SSSR count). The number of nitrogens with zero attached hydrogens (tertiary/aromatic N) is 1. The molecule has 0 radical (unpaired) electrons. The van der Waals surface area contributed by atoms with E-state index in [1.165, 1.54) is 0 Å². The summed E-state index contributed by atoms with van der Waals surface area (Å²) >= 11 is 17.9. The second-order valence-corrected chi connectivity index (χ2v) is 8.30. The lowest BCUT2D eigenvalue weighted by Crippen LogP contribution is -2.32. The fourth-order valence-electron chi connectivity index (χ4n) is 1.66. The molecule has 1 aromatic carbocycles. The van der Waals surface area contributed by atoms with Crippen LogP contribution in [0.4, 0.5) is 0 Å². The van der Waals surface area contributed by atoms with E-state index in [1.807, 2.05) is 0 Å². The molecule has 1 fully saturated rings. The van der Waals surface area contributed by atoms with E-state index in [0.717, 1.165) is 16.7 Å². The summed E-state index contributed by atoms with van der Waals surface area (Å²) in [7, 11) is -4.41. The lowest BCUT2D eigenvalue weighted by molar-refractivity contribution is -0.121. The Balaban J connectivity index is 2.22. The van der Waals surface area contributed by atoms with Crippen molar-refractivity contribution in [2.75, 3.05) is 12.3 Å². The third-order valence-electron chi connectivity index (χ3n) is 2.69. The molecule has 0 spiro atoms. The van der Waals surface area contributed by atoms with E-state index >= 15 is 0 Å². The third-order valence-corrected chi connectivity index (χ3v) is 5.31. The van der Waals surface area contributed by atoms with Gasteiger partial charge in [-0.3, -0.25) is 9.69 Å². The number of hydrogen-bond donors (Lipinski definition) is 0. The average molecular weight is 397 g/mol. The highest BCUT2D eigenvalue weighted by Crippen LogP contribution is 2.34. The Kier molecular flexibility index (Phi) is 5.52. The Morgan fingerprint density at radius 2 is 2.05 bits per heavy atom. The van der Waals surface area contributed by atoms with Gasteiger partial charge in [0.2, 0.25) is 0 Å². The van der Waals surface area contributed by atoms with E-state index in [0.29, 0.717) is 20.5 Å². The zero-order valence-electron chi connectivity index (χ0n) is 10.8. The number of rotatable bonds is 4. The van der Waals surface area contributed by atoms with Crippen molar-refractivity contribution in [3.05, 3.63) is 38.7 Å². The molecule has 10 heteroatoms.